The first kappa shape index (κ1) is 10.4. The Morgan fingerprint density at radius 2 is 2.36 bits per heavy atom. The van der Waals surface area contributed by atoms with E-state index in [4.69, 9.17) is 0 Å². The molecule has 0 aliphatic rings. The van der Waals surface area contributed by atoms with Gasteiger partial charge in [-0.25, -0.2) is 4.39 Å². The summed E-state index contributed by atoms with van der Waals surface area (Å²) in [5.41, 5.74) is 0.296. The van der Waals surface area contributed by atoms with Crippen LogP contribution < -0.4 is 0 Å². The first-order valence-electron chi connectivity index (χ1n) is 4.28. The van der Waals surface area contributed by atoms with E-state index in [0.717, 1.165) is 6.20 Å². The van der Waals surface area contributed by atoms with Gasteiger partial charge in [-0.05, 0) is 19.1 Å². The fourth-order valence-electron chi connectivity index (χ4n) is 0.970. The summed E-state index contributed by atoms with van der Waals surface area (Å²) in [6.07, 6.45) is 1.90. The third kappa shape index (κ3) is 2.98. The van der Waals surface area contributed by atoms with Crippen LogP contribution in [0.3, 0.4) is 0 Å². The molecule has 0 saturated heterocycles. The molecule has 0 unspecified atom stereocenters. The third-order valence-corrected chi connectivity index (χ3v) is 1.67. The number of carbonyl (C=O) groups is 1. The van der Waals surface area contributed by atoms with Crippen LogP contribution >= 0.6 is 0 Å². The average molecular weight is 191 g/mol. The monoisotopic (exact) mass is 191 g/mol. The van der Waals surface area contributed by atoms with E-state index in [-0.39, 0.29) is 5.78 Å². The summed E-state index contributed by atoms with van der Waals surface area (Å²) < 4.78 is 12.5. The Hall–Kier alpha value is -1.69. The molecular formula is C11H10FNO. The molecule has 1 heterocycles. The average Bonchev–Trinajstić information content (AvgIpc) is 2.19. The van der Waals surface area contributed by atoms with Crippen molar-refractivity contribution in [3.63, 3.8) is 0 Å². The van der Waals surface area contributed by atoms with E-state index >= 15 is 0 Å². The number of pyridine rings is 1. The summed E-state index contributed by atoms with van der Waals surface area (Å²) in [5.74, 6) is 4.95. The van der Waals surface area contributed by atoms with Gasteiger partial charge in [-0.15, -0.1) is 11.8 Å². The fourth-order valence-corrected chi connectivity index (χ4v) is 0.970. The molecule has 0 atom stereocenters. The minimum Gasteiger partial charge on any atom is -0.292 e. The van der Waals surface area contributed by atoms with E-state index in [1.807, 2.05) is 0 Å². The maximum Gasteiger partial charge on any atom is 0.182 e. The highest BCUT2D eigenvalue weighted by Crippen LogP contribution is 2.03. The van der Waals surface area contributed by atoms with Crippen LogP contribution in [0.4, 0.5) is 4.39 Å². The third-order valence-electron chi connectivity index (χ3n) is 1.67. The van der Waals surface area contributed by atoms with E-state index < -0.39 is 5.82 Å². The summed E-state index contributed by atoms with van der Waals surface area (Å²) in [7, 11) is 0. The summed E-state index contributed by atoms with van der Waals surface area (Å²) in [6, 6.07) is 2.61. The van der Waals surface area contributed by atoms with Crippen LogP contribution in [0, 0.1) is 17.7 Å². The van der Waals surface area contributed by atoms with Crippen LogP contribution in [0.25, 0.3) is 0 Å². The van der Waals surface area contributed by atoms with Gasteiger partial charge in [0.2, 0.25) is 0 Å². The molecular weight excluding hydrogens is 181 g/mol. The molecule has 0 aliphatic heterocycles. The highest BCUT2D eigenvalue weighted by atomic mass is 19.1. The van der Waals surface area contributed by atoms with Crippen molar-refractivity contribution in [3.05, 3.63) is 29.8 Å². The lowest BCUT2D eigenvalue weighted by atomic mass is 10.1. The molecule has 72 valence electrons. The molecule has 0 bridgehead atoms. The Kier molecular flexibility index (Phi) is 3.81. The SMILES string of the molecule is CC#CCCC(=O)c1ccc(F)cn1. The zero-order valence-corrected chi connectivity index (χ0v) is 7.88. The van der Waals surface area contributed by atoms with Gasteiger partial charge in [0.15, 0.2) is 5.78 Å². The summed E-state index contributed by atoms with van der Waals surface area (Å²) in [5, 5.41) is 0. The number of carbonyl (C=O) groups excluding carboxylic acids is 1. The van der Waals surface area contributed by atoms with Crippen molar-refractivity contribution in [3.8, 4) is 11.8 Å². The largest absolute Gasteiger partial charge is 0.292 e. The number of hydrogen-bond donors (Lipinski definition) is 0. The second-order valence-electron chi connectivity index (χ2n) is 2.71. The minimum absolute atomic E-state index is 0.104. The molecule has 0 radical (unpaired) electrons. The molecule has 0 saturated carbocycles. The second-order valence-corrected chi connectivity index (χ2v) is 2.71. The van der Waals surface area contributed by atoms with Crippen LogP contribution in [-0.2, 0) is 0 Å². The van der Waals surface area contributed by atoms with Gasteiger partial charge in [-0.2, -0.15) is 0 Å². The lowest BCUT2D eigenvalue weighted by Crippen LogP contribution is -2.01. The summed E-state index contributed by atoms with van der Waals surface area (Å²) in [4.78, 5) is 15.1. The molecule has 3 heteroatoms. The predicted octanol–water partition coefficient (Wildman–Crippen LogP) is 2.21. The number of halogens is 1. The molecule has 1 aromatic heterocycles. The number of rotatable bonds is 3. The van der Waals surface area contributed by atoms with Gasteiger partial charge >= 0.3 is 0 Å². The van der Waals surface area contributed by atoms with Crippen LogP contribution in [0.15, 0.2) is 18.3 Å². The Morgan fingerprint density at radius 3 is 2.93 bits per heavy atom. The molecule has 0 aromatic carbocycles. The molecule has 14 heavy (non-hydrogen) atoms. The van der Waals surface area contributed by atoms with Crippen LogP contribution in [0.1, 0.15) is 30.3 Å². The molecule has 2 nitrogen and oxygen atoms in total. The maximum absolute atomic E-state index is 12.5. The van der Waals surface area contributed by atoms with Crippen molar-refractivity contribution in [2.75, 3.05) is 0 Å². The van der Waals surface area contributed by atoms with Crippen LogP contribution in [-0.4, -0.2) is 10.8 Å². The number of aromatic nitrogens is 1. The van der Waals surface area contributed by atoms with Crippen molar-refractivity contribution >= 4 is 5.78 Å². The summed E-state index contributed by atoms with van der Waals surface area (Å²) in [6.45, 7) is 1.72. The summed E-state index contributed by atoms with van der Waals surface area (Å²) >= 11 is 0. The lowest BCUT2D eigenvalue weighted by Gasteiger charge is -1.96. The predicted molar refractivity (Wildman–Crippen MR) is 51.2 cm³/mol. The van der Waals surface area contributed by atoms with E-state index in [2.05, 4.69) is 16.8 Å². The van der Waals surface area contributed by atoms with Gasteiger partial charge < -0.3 is 0 Å². The van der Waals surface area contributed by atoms with Gasteiger partial charge in [0.05, 0.1) is 6.20 Å². The van der Waals surface area contributed by atoms with E-state index in [0.29, 0.717) is 18.5 Å². The van der Waals surface area contributed by atoms with Crippen molar-refractivity contribution in [1.29, 1.82) is 0 Å². The Morgan fingerprint density at radius 1 is 1.57 bits per heavy atom. The van der Waals surface area contributed by atoms with Crippen molar-refractivity contribution in [1.82, 2.24) is 4.98 Å². The van der Waals surface area contributed by atoms with E-state index in [9.17, 15) is 9.18 Å². The first-order chi connectivity index (χ1) is 6.74. The lowest BCUT2D eigenvalue weighted by molar-refractivity contribution is 0.0979. The molecule has 0 amide bonds. The van der Waals surface area contributed by atoms with Crippen LogP contribution in [0.5, 0.6) is 0 Å². The highest BCUT2D eigenvalue weighted by Gasteiger charge is 2.05. The Balaban J connectivity index is 2.59. The standard InChI is InChI=1S/C11H10FNO/c1-2-3-4-5-11(14)10-7-6-9(12)8-13-10/h6-8H,4-5H2,1H3. The first-order valence-corrected chi connectivity index (χ1v) is 4.28. The molecule has 0 aliphatic carbocycles. The minimum atomic E-state index is -0.435. The van der Waals surface area contributed by atoms with E-state index in [1.165, 1.54) is 12.1 Å². The molecule has 1 aromatic rings. The van der Waals surface area contributed by atoms with Gasteiger partial charge in [0, 0.05) is 12.8 Å². The Labute approximate surface area is 82.2 Å². The maximum atomic E-state index is 12.5. The topological polar surface area (TPSA) is 30.0 Å². The zero-order chi connectivity index (χ0) is 10.4. The Bertz CT molecular complexity index is 373. The van der Waals surface area contributed by atoms with E-state index in [1.54, 1.807) is 6.92 Å². The number of ketones is 1. The van der Waals surface area contributed by atoms with Crippen LogP contribution in [0.2, 0.25) is 0 Å². The number of hydrogen-bond acceptors (Lipinski definition) is 2. The molecule has 0 fully saturated rings. The second kappa shape index (κ2) is 5.13. The molecule has 0 spiro atoms. The number of nitrogens with zero attached hydrogens (tertiary/aromatic N) is 1. The van der Waals surface area contributed by atoms with Crippen molar-refractivity contribution in [2.24, 2.45) is 0 Å². The van der Waals surface area contributed by atoms with Gasteiger partial charge in [-0.3, -0.25) is 9.78 Å². The zero-order valence-electron chi connectivity index (χ0n) is 7.88. The van der Waals surface area contributed by atoms with Crippen molar-refractivity contribution in [2.45, 2.75) is 19.8 Å². The smallest absolute Gasteiger partial charge is 0.182 e. The molecule has 0 N–H and O–H groups in total. The van der Waals surface area contributed by atoms with Gasteiger partial charge in [0.1, 0.15) is 11.5 Å². The van der Waals surface area contributed by atoms with Crippen molar-refractivity contribution < 1.29 is 9.18 Å². The fraction of sp³-hybridized carbons (Fsp3) is 0.273. The highest BCUT2D eigenvalue weighted by molar-refractivity contribution is 5.94. The normalized spacial score (nSPS) is 9.00. The number of Topliss-reactive ketones (excluding diaryl/α,β-unsaturated/α-hetero) is 1. The molecule has 1 rings (SSSR count). The quantitative estimate of drug-likeness (QED) is 0.541. The van der Waals surface area contributed by atoms with Gasteiger partial charge in [-0.1, -0.05) is 0 Å². The van der Waals surface area contributed by atoms with Gasteiger partial charge in [0.25, 0.3) is 0 Å².